The van der Waals surface area contributed by atoms with Gasteiger partial charge in [0.05, 0.1) is 11.8 Å². The average Bonchev–Trinajstić information content (AvgIpc) is 3.24. The molecule has 130 valence electrons. The first kappa shape index (κ1) is 16.3. The Hall–Kier alpha value is -3.19. The maximum atomic E-state index is 12.8. The van der Waals surface area contributed by atoms with E-state index in [0.29, 0.717) is 27.9 Å². The van der Waals surface area contributed by atoms with Crippen molar-refractivity contribution in [1.82, 2.24) is 10.1 Å². The van der Waals surface area contributed by atoms with Crippen molar-refractivity contribution >= 4 is 32.6 Å². The zero-order valence-electron chi connectivity index (χ0n) is 14.1. The van der Waals surface area contributed by atoms with Crippen LogP contribution in [0.3, 0.4) is 0 Å². The van der Waals surface area contributed by atoms with Gasteiger partial charge in [-0.3, -0.25) is 10.1 Å². The van der Waals surface area contributed by atoms with Crippen LogP contribution in [-0.4, -0.2) is 23.2 Å². The first-order valence-electron chi connectivity index (χ1n) is 7.94. The Morgan fingerprint density at radius 1 is 1.15 bits per heavy atom. The van der Waals surface area contributed by atoms with E-state index in [1.807, 2.05) is 48.5 Å². The number of fused-ring (bicyclic) bond motifs is 1. The van der Waals surface area contributed by atoms with Gasteiger partial charge in [0.1, 0.15) is 28.3 Å². The Morgan fingerprint density at radius 3 is 2.73 bits per heavy atom. The van der Waals surface area contributed by atoms with Gasteiger partial charge < -0.3 is 9.26 Å². The number of methoxy groups -OCH3 is 1. The third-order valence-corrected chi connectivity index (χ3v) is 4.90. The molecule has 2 heterocycles. The zero-order valence-corrected chi connectivity index (χ0v) is 15.0. The number of aromatic nitrogens is 2. The summed E-state index contributed by atoms with van der Waals surface area (Å²) in [7, 11) is 1.60. The van der Waals surface area contributed by atoms with Crippen LogP contribution in [0.1, 0.15) is 16.1 Å². The summed E-state index contributed by atoms with van der Waals surface area (Å²) in [5, 5.41) is 7.39. The van der Waals surface area contributed by atoms with Gasteiger partial charge in [-0.25, -0.2) is 4.98 Å². The van der Waals surface area contributed by atoms with Crippen LogP contribution in [-0.2, 0) is 0 Å². The lowest BCUT2D eigenvalue weighted by atomic mass is 10.1. The highest BCUT2D eigenvalue weighted by atomic mass is 32.1. The smallest absolute Gasteiger partial charge is 0.263 e. The fourth-order valence-corrected chi connectivity index (χ4v) is 3.61. The number of carbonyl (C=O) groups is 1. The highest BCUT2D eigenvalue weighted by Crippen LogP contribution is 2.33. The Bertz CT molecular complexity index is 1090. The molecule has 0 aliphatic heterocycles. The molecule has 6 nitrogen and oxygen atoms in total. The monoisotopic (exact) mass is 365 g/mol. The molecule has 4 rings (SSSR count). The SMILES string of the molecule is COc1cccc2sc(NC(=O)c3c(-c4ccccc4)noc3C)nc12. The predicted octanol–water partition coefficient (Wildman–Crippen LogP) is 4.52. The first-order chi connectivity index (χ1) is 12.7. The number of hydrogen-bond donors (Lipinski definition) is 1. The molecule has 1 amide bonds. The summed E-state index contributed by atoms with van der Waals surface area (Å²) >= 11 is 1.39. The molecule has 7 heteroatoms. The molecule has 0 saturated heterocycles. The van der Waals surface area contributed by atoms with Crippen LogP contribution in [0.15, 0.2) is 53.1 Å². The molecule has 2 aromatic heterocycles. The van der Waals surface area contributed by atoms with Crippen LogP contribution < -0.4 is 10.1 Å². The van der Waals surface area contributed by atoms with Gasteiger partial charge >= 0.3 is 0 Å². The summed E-state index contributed by atoms with van der Waals surface area (Å²) in [5.74, 6) is 0.825. The van der Waals surface area contributed by atoms with Gasteiger partial charge in [0.25, 0.3) is 5.91 Å². The number of rotatable bonds is 4. The van der Waals surface area contributed by atoms with E-state index in [2.05, 4.69) is 15.5 Å². The second kappa shape index (κ2) is 6.61. The minimum atomic E-state index is -0.305. The lowest BCUT2D eigenvalue weighted by Gasteiger charge is -2.03. The molecule has 0 radical (unpaired) electrons. The molecule has 0 atom stereocenters. The van der Waals surface area contributed by atoms with Crippen molar-refractivity contribution in [3.63, 3.8) is 0 Å². The molecule has 0 spiro atoms. The van der Waals surface area contributed by atoms with E-state index >= 15 is 0 Å². The molecule has 0 aliphatic carbocycles. The quantitative estimate of drug-likeness (QED) is 0.575. The number of carbonyl (C=O) groups excluding carboxylic acids is 1. The van der Waals surface area contributed by atoms with Crippen molar-refractivity contribution in [2.24, 2.45) is 0 Å². The summed E-state index contributed by atoms with van der Waals surface area (Å²) in [5.41, 5.74) is 2.46. The Labute approximate surface area is 153 Å². The molecule has 2 aromatic carbocycles. The second-order valence-electron chi connectivity index (χ2n) is 5.61. The minimum absolute atomic E-state index is 0.305. The molecule has 26 heavy (non-hydrogen) atoms. The fourth-order valence-electron chi connectivity index (χ4n) is 2.73. The maximum absolute atomic E-state index is 12.8. The van der Waals surface area contributed by atoms with Gasteiger partial charge in [-0.15, -0.1) is 0 Å². The fraction of sp³-hybridized carbons (Fsp3) is 0.105. The minimum Gasteiger partial charge on any atom is -0.494 e. The number of thiazole rings is 1. The standard InChI is InChI=1S/C19H15N3O3S/c1-11-15(16(22-25-11)12-7-4-3-5-8-12)18(23)21-19-20-17-13(24-2)9-6-10-14(17)26-19/h3-10H,1-2H3,(H,20,21,23). The van der Waals surface area contributed by atoms with Gasteiger partial charge in [-0.1, -0.05) is 52.9 Å². The third kappa shape index (κ3) is 2.82. The number of ether oxygens (including phenoxy) is 1. The van der Waals surface area contributed by atoms with Crippen molar-refractivity contribution in [1.29, 1.82) is 0 Å². The normalized spacial score (nSPS) is 10.8. The van der Waals surface area contributed by atoms with Crippen LogP contribution in [0.5, 0.6) is 5.75 Å². The van der Waals surface area contributed by atoms with Crippen molar-refractivity contribution in [2.45, 2.75) is 6.92 Å². The van der Waals surface area contributed by atoms with Crippen molar-refractivity contribution < 1.29 is 14.1 Å². The Balaban J connectivity index is 1.69. The van der Waals surface area contributed by atoms with E-state index in [1.165, 1.54) is 11.3 Å². The zero-order chi connectivity index (χ0) is 18.1. The Kier molecular flexibility index (Phi) is 4.14. The van der Waals surface area contributed by atoms with E-state index < -0.39 is 0 Å². The van der Waals surface area contributed by atoms with Gasteiger partial charge in [0.15, 0.2) is 5.13 Å². The number of nitrogens with zero attached hydrogens (tertiary/aromatic N) is 2. The van der Waals surface area contributed by atoms with Gasteiger partial charge in [0, 0.05) is 5.56 Å². The van der Waals surface area contributed by atoms with Crippen molar-refractivity contribution in [2.75, 3.05) is 12.4 Å². The number of amides is 1. The van der Waals surface area contributed by atoms with Crippen molar-refractivity contribution in [3.8, 4) is 17.0 Å². The van der Waals surface area contributed by atoms with E-state index in [9.17, 15) is 4.79 Å². The summed E-state index contributed by atoms with van der Waals surface area (Å²) in [6, 6.07) is 15.1. The highest BCUT2D eigenvalue weighted by Gasteiger charge is 2.22. The van der Waals surface area contributed by atoms with E-state index in [4.69, 9.17) is 9.26 Å². The maximum Gasteiger partial charge on any atom is 0.263 e. The van der Waals surface area contributed by atoms with E-state index in [1.54, 1.807) is 14.0 Å². The van der Waals surface area contributed by atoms with Crippen LogP contribution in [0.25, 0.3) is 21.5 Å². The molecule has 0 fully saturated rings. The van der Waals surface area contributed by atoms with E-state index in [0.717, 1.165) is 15.8 Å². The molecule has 4 aromatic rings. The lowest BCUT2D eigenvalue weighted by Crippen LogP contribution is -2.13. The van der Waals surface area contributed by atoms with Crippen LogP contribution in [0.2, 0.25) is 0 Å². The van der Waals surface area contributed by atoms with Crippen LogP contribution in [0.4, 0.5) is 5.13 Å². The summed E-state index contributed by atoms with van der Waals surface area (Å²) in [4.78, 5) is 17.3. The number of aryl methyl sites for hydroxylation is 1. The molecule has 0 unspecified atom stereocenters. The molecular formula is C19H15N3O3S. The predicted molar refractivity (Wildman–Crippen MR) is 101 cm³/mol. The average molecular weight is 365 g/mol. The summed E-state index contributed by atoms with van der Waals surface area (Å²) in [6.45, 7) is 1.72. The van der Waals surface area contributed by atoms with Gasteiger partial charge in [0.2, 0.25) is 0 Å². The molecular weight excluding hydrogens is 350 g/mol. The van der Waals surface area contributed by atoms with Crippen LogP contribution >= 0.6 is 11.3 Å². The second-order valence-corrected chi connectivity index (χ2v) is 6.64. The van der Waals surface area contributed by atoms with Crippen LogP contribution in [0, 0.1) is 6.92 Å². The highest BCUT2D eigenvalue weighted by molar-refractivity contribution is 7.22. The topological polar surface area (TPSA) is 77.2 Å². The van der Waals surface area contributed by atoms with Gasteiger partial charge in [-0.2, -0.15) is 0 Å². The van der Waals surface area contributed by atoms with Crippen molar-refractivity contribution in [3.05, 3.63) is 59.9 Å². The number of para-hydroxylation sites is 1. The summed E-state index contributed by atoms with van der Waals surface area (Å²) in [6.07, 6.45) is 0. The number of benzene rings is 2. The van der Waals surface area contributed by atoms with E-state index in [-0.39, 0.29) is 5.91 Å². The largest absolute Gasteiger partial charge is 0.494 e. The Morgan fingerprint density at radius 2 is 1.96 bits per heavy atom. The first-order valence-corrected chi connectivity index (χ1v) is 8.75. The third-order valence-electron chi connectivity index (χ3n) is 3.96. The molecule has 0 saturated carbocycles. The lowest BCUT2D eigenvalue weighted by molar-refractivity contribution is 0.102. The molecule has 0 aliphatic rings. The summed E-state index contributed by atoms with van der Waals surface area (Å²) < 4.78 is 11.5. The molecule has 0 bridgehead atoms. The molecule has 1 N–H and O–H groups in total. The number of anilines is 1. The number of hydrogen-bond acceptors (Lipinski definition) is 6. The van der Waals surface area contributed by atoms with Gasteiger partial charge in [-0.05, 0) is 19.1 Å². The number of nitrogens with one attached hydrogen (secondary N) is 1.